The van der Waals surface area contributed by atoms with Crippen molar-refractivity contribution in [2.24, 2.45) is 5.92 Å². The molecule has 196 valence electrons. The molecule has 0 aromatic heterocycles. The van der Waals surface area contributed by atoms with Crippen molar-refractivity contribution in [2.75, 3.05) is 33.6 Å². The largest absolute Gasteiger partial charge is 0.493 e. The molecule has 7 nitrogen and oxygen atoms in total. The lowest BCUT2D eigenvalue weighted by atomic mass is 9.86. The molecule has 3 rings (SSSR count). The first kappa shape index (κ1) is 27.7. The fourth-order valence-corrected chi connectivity index (χ4v) is 5.57. The first-order valence-corrected chi connectivity index (χ1v) is 13.2. The van der Waals surface area contributed by atoms with E-state index in [-0.39, 0.29) is 22.6 Å². The topological polar surface area (TPSA) is 77.1 Å². The summed E-state index contributed by atoms with van der Waals surface area (Å²) in [6.45, 7) is 11.1. The Balaban J connectivity index is 2.03. The smallest absolute Gasteiger partial charge is 0.256 e. The van der Waals surface area contributed by atoms with E-state index in [4.69, 9.17) is 14.2 Å². The molecule has 2 unspecified atom stereocenters. The molecule has 1 N–H and O–H groups in total. The normalized spacial score (nSPS) is 17.8. The van der Waals surface area contributed by atoms with Gasteiger partial charge in [0.15, 0.2) is 11.5 Å². The zero-order chi connectivity index (χ0) is 26.6. The summed E-state index contributed by atoms with van der Waals surface area (Å²) in [6, 6.07) is 11.0. The Morgan fingerprint density at radius 2 is 1.61 bits per heavy atom. The lowest BCUT2D eigenvalue weighted by molar-refractivity contribution is -0.125. The second-order valence-corrected chi connectivity index (χ2v) is 11.5. The van der Waals surface area contributed by atoms with Crippen molar-refractivity contribution in [1.82, 2.24) is 10.2 Å². The van der Waals surface area contributed by atoms with Crippen LogP contribution in [0, 0.1) is 5.92 Å². The molecule has 2 atom stereocenters. The van der Waals surface area contributed by atoms with E-state index in [0.717, 1.165) is 5.56 Å². The minimum atomic E-state index is -0.604. The molecular weight excluding hydrogens is 476 g/mol. The molecule has 2 amide bonds. The molecule has 36 heavy (non-hydrogen) atoms. The van der Waals surface area contributed by atoms with E-state index >= 15 is 0 Å². The van der Waals surface area contributed by atoms with E-state index in [1.807, 2.05) is 13.8 Å². The number of carbonyl (C=O) groups excluding carboxylic acids is 2. The maximum atomic E-state index is 14.0. The Hall–Kier alpha value is -2.87. The van der Waals surface area contributed by atoms with E-state index in [2.05, 4.69) is 50.4 Å². The Labute approximate surface area is 218 Å². The number of hydrogen-bond acceptors (Lipinski definition) is 6. The number of rotatable bonds is 8. The van der Waals surface area contributed by atoms with Crippen LogP contribution in [0.2, 0.25) is 0 Å². The summed E-state index contributed by atoms with van der Waals surface area (Å²) in [5.74, 6) is 1.58. The molecule has 0 radical (unpaired) electrons. The Kier molecular flexibility index (Phi) is 8.82. The number of amides is 2. The van der Waals surface area contributed by atoms with Crippen LogP contribution < -0.4 is 19.5 Å². The molecule has 0 aliphatic carbocycles. The quantitative estimate of drug-likeness (QED) is 0.532. The second-order valence-electron chi connectivity index (χ2n) is 10.3. The second kappa shape index (κ2) is 11.5. The van der Waals surface area contributed by atoms with Crippen molar-refractivity contribution < 1.29 is 23.8 Å². The summed E-state index contributed by atoms with van der Waals surface area (Å²) in [5.41, 5.74) is 2.58. The molecule has 1 fully saturated rings. The molecule has 2 aromatic rings. The molecule has 0 bridgehead atoms. The summed E-state index contributed by atoms with van der Waals surface area (Å²) in [4.78, 5) is 28.9. The van der Waals surface area contributed by atoms with Gasteiger partial charge in [0, 0.05) is 17.9 Å². The Morgan fingerprint density at radius 3 is 2.08 bits per heavy atom. The highest BCUT2D eigenvalue weighted by molar-refractivity contribution is 7.99. The zero-order valence-electron chi connectivity index (χ0n) is 22.5. The van der Waals surface area contributed by atoms with E-state index in [1.165, 1.54) is 26.9 Å². The van der Waals surface area contributed by atoms with Gasteiger partial charge in [-0.3, -0.25) is 9.59 Å². The average molecular weight is 515 g/mol. The van der Waals surface area contributed by atoms with Gasteiger partial charge in [0.25, 0.3) is 5.91 Å². The molecule has 1 aliphatic heterocycles. The van der Waals surface area contributed by atoms with E-state index < -0.39 is 6.04 Å². The van der Waals surface area contributed by atoms with Crippen LogP contribution >= 0.6 is 11.8 Å². The van der Waals surface area contributed by atoms with Gasteiger partial charge < -0.3 is 24.4 Å². The minimum Gasteiger partial charge on any atom is -0.493 e. The number of ether oxygens (including phenoxy) is 3. The van der Waals surface area contributed by atoms with Gasteiger partial charge in [-0.1, -0.05) is 58.9 Å². The van der Waals surface area contributed by atoms with Crippen molar-refractivity contribution in [3.8, 4) is 17.2 Å². The molecule has 0 spiro atoms. The fourth-order valence-electron chi connectivity index (χ4n) is 4.14. The van der Waals surface area contributed by atoms with Gasteiger partial charge in [-0.25, -0.2) is 0 Å². The summed E-state index contributed by atoms with van der Waals surface area (Å²) in [7, 11) is 4.54. The third-order valence-electron chi connectivity index (χ3n) is 6.20. The third kappa shape index (κ3) is 5.91. The van der Waals surface area contributed by atoms with Crippen LogP contribution in [0.4, 0.5) is 0 Å². The van der Waals surface area contributed by atoms with Crippen LogP contribution in [0.3, 0.4) is 0 Å². The maximum absolute atomic E-state index is 14.0. The van der Waals surface area contributed by atoms with Gasteiger partial charge >= 0.3 is 0 Å². The molecule has 0 saturated carbocycles. The lowest BCUT2D eigenvalue weighted by Gasteiger charge is -2.30. The van der Waals surface area contributed by atoms with Gasteiger partial charge in [-0.2, -0.15) is 0 Å². The first-order chi connectivity index (χ1) is 17.0. The van der Waals surface area contributed by atoms with E-state index in [0.29, 0.717) is 41.0 Å². The summed E-state index contributed by atoms with van der Waals surface area (Å²) >= 11 is 1.60. The predicted octanol–water partition coefficient (Wildman–Crippen LogP) is 5.04. The van der Waals surface area contributed by atoms with Gasteiger partial charge in [0.1, 0.15) is 11.4 Å². The highest BCUT2D eigenvalue weighted by Gasteiger charge is 2.43. The zero-order valence-corrected chi connectivity index (χ0v) is 23.3. The monoisotopic (exact) mass is 514 g/mol. The van der Waals surface area contributed by atoms with E-state index in [9.17, 15) is 9.59 Å². The summed E-state index contributed by atoms with van der Waals surface area (Å²) in [5, 5.41) is 2.70. The molecule has 1 heterocycles. The standard InChI is InChI=1S/C28H38N2O5S/c1-17(2)15-29-25(31)21-16-36-27(18-9-11-20(12-10-18)28(3,4)5)30(21)26(32)19-13-22(33-6)24(35-8)23(14-19)34-7/h9-14,17,21,27H,15-16H2,1-8H3,(H,29,31). The van der Waals surface area contributed by atoms with Gasteiger partial charge in [0.05, 0.1) is 21.3 Å². The number of nitrogens with zero attached hydrogens (tertiary/aromatic N) is 1. The van der Waals surface area contributed by atoms with Crippen LogP contribution in [0.15, 0.2) is 36.4 Å². The number of carbonyl (C=O) groups is 2. The third-order valence-corrected chi connectivity index (χ3v) is 7.52. The molecule has 2 aromatic carbocycles. The Morgan fingerprint density at radius 1 is 1.03 bits per heavy atom. The number of hydrogen-bond donors (Lipinski definition) is 1. The van der Waals surface area contributed by atoms with Crippen LogP contribution in [0.5, 0.6) is 17.2 Å². The maximum Gasteiger partial charge on any atom is 0.256 e. The SMILES string of the molecule is COc1cc(C(=O)N2C(C(=O)NCC(C)C)CSC2c2ccc(C(C)(C)C)cc2)cc(OC)c1OC. The van der Waals surface area contributed by atoms with Gasteiger partial charge in [0.2, 0.25) is 11.7 Å². The lowest BCUT2D eigenvalue weighted by Crippen LogP contribution is -2.48. The van der Waals surface area contributed by atoms with Gasteiger partial charge in [-0.05, 0) is 34.6 Å². The van der Waals surface area contributed by atoms with Crippen molar-refractivity contribution in [3.63, 3.8) is 0 Å². The van der Waals surface area contributed by atoms with Crippen LogP contribution in [-0.2, 0) is 10.2 Å². The van der Waals surface area contributed by atoms with E-state index in [1.54, 1.807) is 28.8 Å². The van der Waals surface area contributed by atoms with Crippen molar-refractivity contribution in [1.29, 1.82) is 0 Å². The number of thioether (sulfide) groups is 1. The summed E-state index contributed by atoms with van der Waals surface area (Å²) in [6.07, 6.45) is 0. The van der Waals surface area contributed by atoms with Crippen LogP contribution in [0.1, 0.15) is 61.5 Å². The predicted molar refractivity (Wildman–Crippen MR) is 144 cm³/mol. The average Bonchev–Trinajstić information content (AvgIpc) is 3.30. The van der Waals surface area contributed by atoms with Crippen molar-refractivity contribution in [2.45, 2.75) is 51.4 Å². The summed E-state index contributed by atoms with van der Waals surface area (Å²) < 4.78 is 16.4. The van der Waals surface area contributed by atoms with Crippen LogP contribution in [0.25, 0.3) is 0 Å². The molecule has 8 heteroatoms. The van der Waals surface area contributed by atoms with Crippen molar-refractivity contribution in [3.05, 3.63) is 53.1 Å². The molecular formula is C28H38N2O5S. The Bertz CT molecular complexity index is 1050. The highest BCUT2D eigenvalue weighted by Crippen LogP contribution is 2.44. The number of nitrogens with one attached hydrogen (secondary N) is 1. The number of methoxy groups -OCH3 is 3. The molecule has 1 saturated heterocycles. The minimum absolute atomic E-state index is 0.0202. The first-order valence-electron chi connectivity index (χ1n) is 12.1. The highest BCUT2D eigenvalue weighted by atomic mass is 32.2. The molecule has 1 aliphatic rings. The fraction of sp³-hybridized carbons (Fsp3) is 0.500. The number of benzene rings is 2. The van der Waals surface area contributed by atoms with Crippen molar-refractivity contribution >= 4 is 23.6 Å². The van der Waals surface area contributed by atoms with Crippen LogP contribution in [-0.4, -0.2) is 56.4 Å². The van der Waals surface area contributed by atoms with Gasteiger partial charge in [-0.15, -0.1) is 11.8 Å².